The maximum Gasteiger partial charge on any atom is 0.293 e. The monoisotopic (exact) mass is 339 g/mol. The number of anilines is 1. The van der Waals surface area contributed by atoms with E-state index in [4.69, 9.17) is 5.26 Å². The van der Waals surface area contributed by atoms with Crippen molar-refractivity contribution in [2.24, 2.45) is 10.8 Å². The minimum absolute atomic E-state index is 0.0229. The number of nitrogens with zero attached hydrogens (tertiary/aromatic N) is 4. The number of fused-ring (bicyclic) bond motifs is 2. The van der Waals surface area contributed by atoms with Crippen molar-refractivity contribution in [2.75, 3.05) is 31.1 Å². The lowest BCUT2D eigenvalue weighted by molar-refractivity contribution is -0.384. The number of carbonyl (C=O) groups is 1. The Kier molecular flexibility index (Phi) is 3.74. The molecule has 0 aromatic heterocycles. The van der Waals surface area contributed by atoms with Gasteiger partial charge in [0, 0.05) is 32.2 Å². The van der Waals surface area contributed by atoms with Crippen LogP contribution in [0.15, 0.2) is 12.1 Å². The molecule has 0 unspecified atom stereocenters. The molecule has 3 rings (SSSR count). The van der Waals surface area contributed by atoms with E-state index in [0.29, 0.717) is 26.2 Å². The average Bonchev–Trinajstić information content (AvgIpc) is 2.56. The fraction of sp³-hybridized carbons (Fsp3) is 0.471. The molecule has 128 valence electrons. The van der Waals surface area contributed by atoms with Gasteiger partial charge in [-0.25, -0.2) is 0 Å². The fourth-order valence-electron chi connectivity index (χ4n) is 3.99. The molecule has 1 N–H and O–H groups in total. The number of nitrogens with one attached hydrogen (secondary N) is 1. The first-order valence-electron chi connectivity index (χ1n) is 7.87. The van der Waals surface area contributed by atoms with Crippen LogP contribution in [0.2, 0.25) is 0 Å². The molecule has 2 bridgehead atoms. The Hall–Kier alpha value is -2.97. The fourth-order valence-corrected chi connectivity index (χ4v) is 3.99. The minimum atomic E-state index is -0.653. The third-order valence-electron chi connectivity index (χ3n) is 5.10. The molecular weight excluding hydrogens is 322 g/mol. The Morgan fingerprint density at radius 3 is 2.16 bits per heavy atom. The Morgan fingerprint density at radius 1 is 1.16 bits per heavy atom. The van der Waals surface area contributed by atoms with Crippen molar-refractivity contribution in [1.29, 1.82) is 10.5 Å². The van der Waals surface area contributed by atoms with E-state index in [1.54, 1.807) is 0 Å². The van der Waals surface area contributed by atoms with E-state index < -0.39 is 15.8 Å². The first kappa shape index (κ1) is 16.9. The molecular formula is C17H17N5O3. The summed E-state index contributed by atoms with van der Waals surface area (Å²) in [7, 11) is 0. The van der Waals surface area contributed by atoms with Gasteiger partial charge in [0.15, 0.2) is 5.78 Å². The normalized spacial score (nSPS) is 28.2. The zero-order chi connectivity index (χ0) is 18.4. The molecule has 1 aromatic rings. The summed E-state index contributed by atoms with van der Waals surface area (Å²) in [6, 6.07) is 6.28. The Morgan fingerprint density at radius 2 is 1.68 bits per heavy atom. The van der Waals surface area contributed by atoms with Gasteiger partial charge in [-0.2, -0.15) is 10.5 Å². The molecule has 2 heterocycles. The van der Waals surface area contributed by atoms with E-state index in [1.165, 1.54) is 6.07 Å². The molecule has 0 amide bonds. The first-order chi connectivity index (χ1) is 11.7. The summed E-state index contributed by atoms with van der Waals surface area (Å²) in [6.45, 7) is 5.37. The van der Waals surface area contributed by atoms with Gasteiger partial charge in [0.2, 0.25) is 0 Å². The number of Topliss-reactive ketones (excluding diaryl/α,β-unsaturated/α-hetero) is 1. The van der Waals surface area contributed by atoms with Crippen molar-refractivity contribution < 1.29 is 9.72 Å². The second kappa shape index (κ2) is 5.54. The number of rotatable bonds is 2. The average molecular weight is 339 g/mol. The van der Waals surface area contributed by atoms with Crippen LogP contribution >= 0.6 is 0 Å². The maximum atomic E-state index is 12.8. The van der Waals surface area contributed by atoms with Crippen molar-refractivity contribution in [2.45, 2.75) is 13.8 Å². The second-order valence-corrected chi connectivity index (χ2v) is 7.28. The van der Waals surface area contributed by atoms with Crippen LogP contribution in [-0.4, -0.2) is 36.9 Å². The first-order valence-corrected chi connectivity index (χ1v) is 7.87. The number of nitriles is 2. The lowest BCUT2D eigenvalue weighted by atomic mass is 9.65. The summed E-state index contributed by atoms with van der Waals surface area (Å²) in [5, 5.41) is 33.1. The molecule has 0 aliphatic carbocycles. The molecule has 2 aliphatic rings. The Bertz CT molecular complexity index is 846. The van der Waals surface area contributed by atoms with Crippen LogP contribution in [0.3, 0.4) is 0 Å². The van der Waals surface area contributed by atoms with Gasteiger partial charge >= 0.3 is 0 Å². The summed E-state index contributed by atoms with van der Waals surface area (Å²) in [4.78, 5) is 25.5. The van der Waals surface area contributed by atoms with Gasteiger partial charge in [0.25, 0.3) is 5.69 Å². The highest BCUT2D eigenvalue weighted by molar-refractivity contribution is 5.94. The molecule has 8 heteroatoms. The highest BCUT2D eigenvalue weighted by Gasteiger charge is 2.54. The SMILES string of the molecule is C[C@]12CNC[C@](C)(CN(c3cc(C#N)c(C#N)cc3[N+](=O)[O-])C1)C2=O. The van der Waals surface area contributed by atoms with Gasteiger partial charge in [-0.3, -0.25) is 14.9 Å². The van der Waals surface area contributed by atoms with Crippen LogP contribution in [0.5, 0.6) is 0 Å². The lowest BCUT2D eigenvalue weighted by Crippen LogP contribution is -2.67. The van der Waals surface area contributed by atoms with Crippen LogP contribution in [0.1, 0.15) is 25.0 Å². The number of hydrogen-bond donors (Lipinski definition) is 1. The summed E-state index contributed by atoms with van der Waals surface area (Å²) < 4.78 is 0. The molecule has 0 saturated carbocycles. The third-order valence-corrected chi connectivity index (χ3v) is 5.10. The highest BCUT2D eigenvalue weighted by atomic mass is 16.6. The molecule has 25 heavy (non-hydrogen) atoms. The van der Waals surface area contributed by atoms with Crippen LogP contribution in [0.4, 0.5) is 11.4 Å². The van der Waals surface area contributed by atoms with Crippen LogP contribution < -0.4 is 10.2 Å². The summed E-state index contributed by atoms with van der Waals surface area (Å²) in [6.07, 6.45) is 0. The van der Waals surface area contributed by atoms with Crippen molar-refractivity contribution in [3.63, 3.8) is 0 Å². The molecule has 2 fully saturated rings. The smallest absolute Gasteiger partial charge is 0.293 e. The van der Waals surface area contributed by atoms with Gasteiger partial charge < -0.3 is 10.2 Å². The molecule has 0 spiro atoms. The van der Waals surface area contributed by atoms with Crippen LogP contribution in [0.25, 0.3) is 0 Å². The summed E-state index contributed by atoms with van der Waals surface area (Å²) in [5.74, 6) is 0.159. The summed E-state index contributed by atoms with van der Waals surface area (Å²) >= 11 is 0. The maximum absolute atomic E-state index is 12.8. The van der Waals surface area contributed by atoms with Crippen LogP contribution in [-0.2, 0) is 4.79 Å². The minimum Gasteiger partial charge on any atom is -0.364 e. The van der Waals surface area contributed by atoms with E-state index in [9.17, 15) is 20.2 Å². The van der Waals surface area contributed by atoms with Crippen LogP contribution in [0, 0.1) is 43.6 Å². The number of piperidine rings is 2. The van der Waals surface area contributed by atoms with Crippen molar-refractivity contribution in [3.05, 3.63) is 33.4 Å². The quantitative estimate of drug-likeness (QED) is 0.637. The van der Waals surface area contributed by atoms with Gasteiger partial charge in [0.05, 0.1) is 26.9 Å². The van der Waals surface area contributed by atoms with Crippen molar-refractivity contribution in [1.82, 2.24) is 5.32 Å². The third kappa shape index (κ3) is 2.51. The number of nitro groups is 1. The molecule has 8 nitrogen and oxygen atoms in total. The Labute approximate surface area is 144 Å². The topological polar surface area (TPSA) is 123 Å². The number of nitro benzene ring substituents is 1. The molecule has 2 saturated heterocycles. The zero-order valence-corrected chi connectivity index (χ0v) is 14.0. The molecule has 2 aliphatic heterocycles. The largest absolute Gasteiger partial charge is 0.364 e. The predicted molar refractivity (Wildman–Crippen MR) is 88.8 cm³/mol. The standard InChI is InChI=1S/C17H17N5O3/c1-16-7-20-8-17(2,15(16)23)10-21(9-16)13-3-11(5-18)12(6-19)4-14(13)22(24)25/h3-4,20H,7-10H2,1-2H3/t16-,17+. The Balaban J connectivity index is 2.14. The van der Waals surface area contributed by atoms with Gasteiger partial charge in [-0.1, -0.05) is 0 Å². The molecule has 1 aromatic carbocycles. The number of hydrogen-bond acceptors (Lipinski definition) is 7. The zero-order valence-electron chi connectivity index (χ0n) is 14.0. The number of benzene rings is 1. The van der Waals surface area contributed by atoms with E-state index in [0.717, 1.165) is 6.07 Å². The summed E-state index contributed by atoms with van der Waals surface area (Å²) in [5.41, 5.74) is -1.17. The predicted octanol–water partition coefficient (Wildman–Crippen LogP) is 1.34. The highest BCUT2D eigenvalue weighted by Crippen LogP contribution is 2.43. The van der Waals surface area contributed by atoms with E-state index in [1.807, 2.05) is 30.9 Å². The van der Waals surface area contributed by atoms with Gasteiger partial charge in [-0.05, 0) is 19.9 Å². The van der Waals surface area contributed by atoms with Gasteiger partial charge in [-0.15, -0.1) is 0 Å². The number of ketones is 1. The van der Waals surface area contributed by atoms with Gasteiger partial charge in [0.1, 0.15) is 17.8 Å². The molecule has 0 radical (unpaired) electrons. The van der Waals surface area contributed by atoms with E-state index in [2.05, 4.69) is 5.32 Å². The van der Waals surface area contributed by atoms with Crippen molar-refractivity contribution >= 4 is 17.2 Å². The lowest BCUT2D eigenvalue weighted by Gasteiger charge is -2.52. The van der Waals surface area contributed by atoms with Crippen molar-refractivity contribution in [3.8, 4) is 12.1 Å². The van der Waals surface area contributed by atoms with E-state index >= 15 is 0 Å². The second-order valence-electron chi connectivity index (χ2n) is 7.28. The van der Waals surface area contributed by atoms with E-state index in [-0.39, 0.29) is 28.3 Å². The number of carbonyl (C=O) groups excluding carboxylic acids is 1. The molecule has 2 atom stereocenters.